The number of nitrogens with zero attached hydrogens (tertiary/aromatic N) is 1. The summed E-state index contributed by atoms with van der Waals surface area (Å²) in [7, 11) is -1.34. The van der Waals surface area contributed by atoms with Crippen molar-refractivity contribution in [3.63, 3.8) is 0 Å². The molecule has 0 aliphatic heterocycles. The molecule has 0 bridgehead atoms. The summed E-state index contributed by atoms with van der Waals surface area (Å²) < 4.78 is 16.8. The lowest BCUT2D eigenvalue weighted by atomic mass is 9.96. The quantitative estimate of drug-likeness (QED) is 0.776. The van der Waals surface area contributed by atoms with Crippen molar-refractivity contribution in [2.75, 3.05) is 18.2 Å². The molecule has 1 atom stereocenters. The van der Waals surface area contributed by atoms with Gasteiger partial charge in [-0.3, -0.25) is 9.00 Å². The van der Waals surface area contributed by atoms with Gasteiger partial charge < -0.3 is 10.1 Å². The van der Waals surface area contributed by atoms with Gasteiger partial charge in [0.15, 0.2) is 6.61 Å². The Labute approximate surface area is 163 Å². The molecule has 1 aromatic carbocycles. The summed E-state index contributed by atoms with van der Waals surface area (Å²) in [6.07, 6.45) is 5.37. The first kappa shape index (κ1) is 19.3. The van der Waals surface area contributed by atoms with E-state index in [1.807, 2.05) is 0 Å². The minimum absolute atomic E-state index is 0.176. The minimum atomic E-state index is -1.34. The third-order valence-corrected chi connectivity index (χ3v) is 6.47. The van der Waals surface area contributed by atoms with E-state index in [1.165, 1.54) is 23.7 Å². The fourth-order valence-corrected chi connectivity index (χ4v) is 5.02. The van der Waals surface area contributed by atoms with Crippen molar-refractivity contribution in [3.8, 4) is 6.07 Å². The molecule has 1 amide bonds. The van der Waals surface area contributed by atoms with Gasteiger partial charge in [-0.1, -0.05) is 12.1 Å². The average molecular weight is 402 g/mol. The highest BCUT2D eigenvalue weighted by Crippen LogP contribution is 2.37. The minimum Gasteiger partial charge on any atom is -0.452 e. The fourth-order valence-electron chi connectivity index (χ4n) is 3.03. The van der Waals surface area contributed by atoms with Crippen LogP contribution >= 0.6 is 11.3 Å². The number of thiophene rings is 1. The zero-order valence-electron chi connectivity index (χ0n) is 14.7. The van der Waals surface area contributed by atoms with Gasteiger partial charge in [0.1, 0.15) is 11.1 Å². The molecule has 140 valence electrons. The standard InChI is InChI=1S/C19H18N2O4S2/c1-27(24)16-9-5-3-7-13(16)19(23)25-11-17(22)21-18-14(10-20)12-6-2-4-8-15(12)26-18/h3,5,7,9H,2,4,6,8,11H2,1H3,(H,21,22)/t27-/m1/s1. The van der Waals surface area contributed by atoms with Gasteiger partial charge in [-0.2, -0.15) is 5.26 Å². The number of carbonyl (C=O) groups excluding carboxylic acids is 2. The Balaban J connectivity index is 1.66. The molecule has 27 heavy (non-hydrogen) atoms. The maximum Gasteiger partial charge on any atom is 0.339 e. The Morgan fingerprint density at radius 2 is 2.04 bits per heavy atom. The van der Waals surface area contributed by atoms with Gasteiger partial charge in [0, 0.05) is 11.1 Å². The monoisotopic (exact) mass is 402 g/mol. The zero-order chi connectivity index (χ0) is 19.4. The van der Waals surface area contributed by atoms with Gasteiger partial charge in [-0.15, -0.1) is 11.3 Å². The molecule has 0 saturated heterocycles. The maximum atomic E-state index is 12.2. The van der Waals surface area contributed by atoms with E-state index in [0.29, 0.717) is 15.5 Å². The number of rotatable bonds is 5. The number of ether oxygens (including phenoxy) is 1. The Hall–Kier alpha value is -2.50. The lowest BCUT2D eigenvalue weighted by Crippen LogP contribution is -2.21. The number of benzene rings is 1. The van der Waals surface area contributed by atoms with Crippen molar-refractivity contribution in [2.24, 2.45) is 0 Å². The summed E-state index contributed by atoms with van der Waals surface area (Å²) in [5.41, 5.74) is 1.72. The van der Waals surface area contributed by atoms with Crippen LogP contribution in [0.1, 0.15) is 39.2 Å². The molecule has 1 aliphatic rings. The van der Waals surface area contributed by atoms with Crippen LogP contribution in [0, 0.1) is 11.3 Å². The van der Waals surface area contributed by atoms with Gasteiger partial charge in [0.25, 0.3) is 5.91 Å². The van der Waals surface area contributed by atoms with Crippen molar-refractivity contribution in [1.82, 2.24) is 0 Å². The van der Waals surface area contributed by atoms with E-state index in [0.717, 1.165) is 36.1 Å². The van der Waals surface area contributed by atoms with E-state index in [4.69, 9.17) is 4.74 Å². The van der Waals surface area contributed by atoms with Crippen LogP contribution in [0.2, 0.25) is 0 Å². The molecular weight excluding hydrogens is 384 g/mol. The van der Waals surface area contributed by atoms with Crippen molar-refractivity contribution in [2.45, 2.75) is 30.6 Å². The number of fused-ring (bicyclic) bond motifs is 1. The van der Waals surface area contributed by atoms with Crippen molar-refractivity contribution in [1.29, 1.82) is 5.26 Å². The van der Waals surface area contributed by atoms with Crippen LogP contribution in [0.5, 0.6) is 0 Å². The number of anilines is 1. The molecule has 0 unspecified atom stereocenters. The normalized spacial score (nSPS) is 13.9. The van der Waals surface area contributed by atoms with Crippen LogP contribution in [0.15, 0.2) is 29.2 Å². The third-order valence-electron chi connectivity index (χ3n) is 4.29. The van der Waals surface area contributed by atoms with Crippen molar-refractivity contribution < 1.29 is 18.5 Å². The molecular formula is C19H18N2O4S2. The van der Waals surface area contributed by atoms with Crippen LogP contribution in [0.3, 0.4) is 0 Å². The van der Waals surface area contributed by atoms with Crippen LogP contribution < -0.4 is 5.32 Å². The Morgan fingerprint density at radius 1 is 1.30 bits per heavy atom. The molecule has 1 aromatic heterocycles. The fraction of sp³-hybridized carbons (Fsp3) is 0.316. The second-order valence-corrected chi connectivity index (χ2v) is 8.55. The largest absolute Gasteiger partial charge is 0.452 e. The molecule has 1 N–H and O–H groups in total. The second-order valence-electron chi connectivity index (χ2n) is 6.10. The number of aryl methyl sites for hydroxylation is 1. The number of hydrogen-bond donors (Lipinski definition) is 1. The van der Waals surface area contributed by atoms with Gasteiger partial charge in [-0.05, 0) is 43.4 Å². The number of nitrogens with one attached hydrogen (secondary N) is 1. The molecule has 0 radical (unpaired) electrons. The molecule has 1 heterocycles. The van der Waals surface area contributed by atoms with E-state index in [1.54, 1.807) is 18.2 Å². The highest BCUT2D eigenvalue weighted by molar-refractivity contribution is 7.84. The molecule has 2 aromatic rings. The summed E-state index contributed by atoms with van der Waals surface area (Å²) in [6.45, 7) is -0.475. The molecule has 6 nitrogen and oxygen atoms in total. The summed E-state index contributed by atoms with van der Waals surface area (Å²) in [4.78, 5) is 25.9. The Morgan fingerprint density at radius 3 is 2.78 bits per heavy atom. The average Bonchev–Trinajstić information content (AvgIpc) is 3.02. The molecule has 8 heteroatoms. The highest BCUT2D eigenvalue weighted by Gasteiger charge is 2.22. The summed E-state index contributed by atoms with van der Waals surface area (Å²) in [5.74, 6) is -1.21. The lowest BCUT2D eigenvalue weighted by Gasteiger charge is -2.09. The summed E-state index contributed by atoms with van der Waals surface area (Å²) in [6, 6.07) is 8.60. The number of carbonyl (C=O) groups is 2. The van der Waals surface area contributed by atoms with Crippen LogP contribution in [0.25, 0.3) is 0 Å². The van der Waals surface area contributed by atoms with E-state index >= 15 is 0 Å². The molecule has 0 saturated carbocycles. The third kappa shape index (κ3) is 4.26. The van der Waals surface area contributed by atoms with E-state index in [2.05, 4.69) is 11.4 Å². The first-order valence-corrected chi connectivity index (χ1v) is 10.8. The zero-order valence-corrected chi connectivity index (χ0v) is 16.4. The number of esters is 1. The number of amides is 1. The van der Waals surface area contributed by atoms with Crippen LogP contribution in [-0.4, -0.2) is 28.9 Å². The first-order valence-electron chi connectivity index (χ1n) is 8.45. The van der Waals surface area contributed by atoms with Crippen molar-refractivity contribution in [3.05, 3.63) is 45.8 Å². The van der Waals surface area contributed by atoms with E-state index < -0.39 is 29.3 Å². The lowest BCUT2D eigenvalue weighted by molar-refractivity contribution is -0.119. The first-order chi connectivity index (χ1) is 13.0. The van der Waals surface area contributed by atoms with Crippen molar-refractivity contribution >= 4 is 39.0 Å². The molecule has 0 fully saturated rings. The smallest absolute Gasteiger partial charge is 0.339 e. The number of nitriles is 1. The van der Waals surface area contributed by atoms with Crippen LogP contribution in [-0.2, 0) is 33.2 Å². The van der Waals surface area contributed by atoms with Crippen LogP contribution in [0.4, 0.5) is 5.00 Å². The van der Waals surface area contributed by atoms with E-state index in [9.17, 15) is 19.1 Å². The molecule has 1 aliphatic carbocycles. The summed E-state index contributed by atoms with van der Waals surface area (Å²) >= 11 is 1.42. The summed E-state index contributed by atoms with van der Waals surface area (Å²) in [5, 5.41) is 12.6. The Kier molecular flexibility index (Phi) is 6.04. The topological polar surface area (TPSA) is 96.3 Å². The van der Waals surface area contributed by atoms with Gasteiger partial charge in [0.2, 0.25) is 0 Å². The van der Waals surface area contributed by atoms with Gasteiger partial charge in [-0.25, -0.2) is 4.79 Å². The highest BCUT2D eigenvalue weighted by atomic mass is 32.2. The maximum absolute atomic E-state index is 12.2. The second kappa shape index (κ2) is 8.46. The molecule has 0 spiro atoms. The number of hydrogen-bond acceptors (Lipinski definition) is 6. The Bertz CT molecular complexity index is 959. The van der Waals surface area contributed by atoms with E-state index in [-0.39, 0.29) is 5.56 Å². The predicted octanol–water partition coefficient (Wildman–Crippen LogP) is 3.03. The molecule has 3 rings (SSSR count). The van der Waals surface area contributed by atoms with Gasteiger partial charge >= 0.3 is 5.97 Å². The predicted molar refractivity (Wildman–Crippen MR) is 103 cm³/mol. The van der Waals surface area contributed by atoms with Gasteiger partial charge in [0.05, 0.1) is 26.8 Å². The SMILES string of the molecule is C[S@@](=O)c1ccccc1C(=O)OCC(=O)Nc1sc2c(c1C#N)CCCC2.